The van der Waals surface area contributed by atoms with Crippen molar-refractivity contribution in [3.8, 4) is 0 Å². The number of imidazole rings is 1. The number of hydrogen-bond acceptors (Lipinski definition) is 5. The van der Waals surface area contributed by atoms with Gasteiger partial charge in [-0.2, -0.15) is 0 Å². The van der Waals surface area contributed by atoms with Gasteiger partial charge in [0.05, 0.1) is 26.3 Å². The van der Waals surface area contributed by atoms with E-state index in [9.17, 15) is 14.4 Å². The number of methoxy groups -OCH3 is 2. The molecule has 0 aliphatic carbocycles. The van der Waals surface area contributed by atoms with Gasteiger partial charge in [0.25, 0.3) is 0 Å². The molecule has 0 aromatic carbocycles. The van der Waals surface area contributed by atoms with Crippen LogP contribution in [0.15, 0.2) is 4.79 Å². The Morgan fingerprint density at radius 1 is 1.31 bits per heavy atom. The summed E-state index contributed by atoms with van der Waals surface area (Å²) in [6.45, 7) is 0. The summed E-state index contributed by atoms with van der Waals surface area (Å²) in [5.41, 5.74) is -0.275. The van der Waals surface area contributed by atoms with E-state index in [1.54, 1.807) is 0 Å². The number of nitrogens with one attached hydrogen (secondary N) is 1. The van der Waals surface area contributed by atoms with Crippen molar-refractivity contribution in [2.45, 2.75) is 6.42 Å². The number of aromatic amines is 1. The number of H-pyrrole nitrogens is 1. The van der Waals surface area contributed by atoms with E-state index in [1.807, 2.05) is 0 Å². The molecule has 1 rings (SSSR count). The van der Waals surface area contributed by atoms with Gasteiger partial charge < -0.3 is 9.47 Å². The lowest BCUT2D eigenvalue weighted by molar-refractivity contribution is -0.139. The molecule has 7 nitrogen and oxygen atoms in total. The fourth-order valence-corrected chi connectivity index (χ4v) is 1.24. The molecule has 0 atom stereocenters. The Hall–Kier alpha value is -2.05. The van der Waals surface area contributed by atoms with E-state index >= 15 is 0 Å². The van der Waals surface area contributed by atoms with E-state index in [0.29, 0.717) is 0 Å². The maximum atomic E-state index is 11.3. The zero-order chi connectivity index (χ0) is 12.3. The molecule has 0 saturated carbocycles. The summed E-state index contributed by atoms with van der Waals surface area (Å²) in [6, 6.07) is 0. The lowest BCUT2D eigenvalue weighted by Crippen LogP contribution is -2.17. The Kier molecular flexibility index (Phi) is 3.49. The molecule has 0 bridgehead atoms. The van der Waals surface area contributed by atoms with Gasteiger partial charge in [0, 0.05) is 7.05 Å². The molecule has 1 aromatic rings. The largest absolute Gasteiger partial charge is 0.469 e. The lowest BCUT2D eigenvalue weighted by atomic mass is 10.2. The molecule has 1 aromatic heterocycles. The number of carbonyl (C=O) groups excluding carboxylic acids is 2. The fraction of sp³-hybridized carbons (Fsp3) is 0.444. The molecule has 88 valence electrons. The second kappa shape index (κ2) is 4.65. The molecular formula is C9H12N2O5. The van der Waals surface area contributed by atoms with Gasteiger partial charge in [-0.25, -0.2) is 9.59 Å². The highest BCUT2D eigenvalue weighted by atomic mass is 16.5. The van der Waals surface area contributed by atoms with Crippen LogP contribution in [0.5, 0.6) is 0 Å². The van der Waals surface area contributed by atoms with Crippen LogP contribution in [0.2, 0.25) is 0 Å². The van der Waals surface area contributed by atoms with E-state index in [0.717, 1.165) is 0 Å². The standard InChI is InChI=1S/C9H12N2O5/c1-11-5(4-6(12)15-2)7(8(13)16-3)10-9(11)14/h4H2,1-3H3,(H,10,14). The van der Waals surface area contributed by atoms with E-state index in [1.165, 1.54) is 25.8 Å². The summed E-state index contributed by atoms with van der Waals surface area (Å²) >= 11 is 0. The molecular weight excluding hydrogens is 216 g/mol. The molecule has 0 fully saturated rings. The average molecular weight is 228 g/mol. The maximum Gasteiger partial charge on any atom is 0.356 e. The first-order chi connectivity index (χ1) is 7.51. The third-order valence-electron chi connectivity index (χ3n) is 2.16. The number of hydrogen-bond donors (Lipinski definition) is 1. The third-order valence-corrected chi connectivity index (χ3v) is 2.16. The first-order valence-corrected chi connectivity index (χ1v) is 4.44. The number of rotatable bonds is 3. The van der Waals surface area contributed by atoms with Crippen molar-refractivity contribution in [3.05, 3.63) is 21.9 Å². The number of ether oxygens (including phenoxy) is 2. The zero-order valence-corrected chi connectivity index (χ0v) is 9.20. The molecule has 0 radical (unpaired) electrons. The zero-order valence-electron chi connectivity index (χ0n) is 9.20. The van der Waals surface area contributed by atoms with Crippen LogP contribution in [-0.2, 0) is 27.7 Å². The SMILES string of the molecule is COC(=O)Cc1c(C(=O)OC)[nH]c(=O)n1C. The van der Waals surface area contributed by atoms with Crippen LogP contribution in [0.1, 0.15) is 16.2 Å². The van der Waals surface area contributed by atoms with Crippen LogP contribution < -0.4 is 5.69 Å². The molecule has 1 N–H and O–H groups in total. The highest BCUT2D eigenvalue weighted by Gasteiger charge is 2.21. The topological polar surface area (TPSA) is 90.4 Å². The van der Waals surface area contributed by atoms with Gasteiger partial charge in [-0.3, -0.25) is 14.3 Å². The lowest BCUT2D eigenvalue weighted by Gasteiger charge is -2.03. The Bertz CT molecular complexity index is 471. The number of aromatic nitrogens is 2. The maximum absolute atomic E-state index is 11.3. The van der Waals surface area contributed by atoms with Crippen LogP contribution in [0.4, 0.5) is 0 Å². The van der Waals surface area contributed by atoms with Crippen LogP contribution in [0.3, 0.4) is 0 Å². The van der Waals surface area contributed by atoms with E-state index in [-0.39, 0.29) is 17.8 Å². The van der Waals surface area contributed by atoms with Crippen LogP contribution >= 0.6 is 0 Å². The van der Waals surface area contributed by atoms with E-state index in [4.69, 9.17) is 0 Å². The Morgan fingerprint density at radius 3 is 2.44 bits per heavy atom. The minimum absolute atomic E-state index is 0.0274. The first kappa shape index (κ1) is 12.0. The highest BCUT2D eigenvalue weighted by Crippen LogP contribution is 2.06. The number of esters is 2. The van der Waals surface area contributed by atoms with Crippen molar-refractivity contribution in [2.75, 3.05) is 14.2 Å². The predicted molar refractivity (Wildman–Crippen MR) is 53.1 cm³/mol. The monoisotopic (exact) mass is 228 g/mol. The smallest absolute Gasteiger partial charge is 0.356 e. The van der Waals surface area contributed by atoms with Gasteiger partial charge in [0.1, 0.15) is 5.69 Å². The van der Waals surface area contributed by atoms with Crippen molar-refractivity contribution in [2.24, 2.45) is 7.05 Å². The number of nitrogens with zero attached hydrogens (tertiary/aromatic N) is 1. The van der Waals surface area contributed by atoms with Gasteiger partial charge in [-0.05, 0) is 0 Å². The van der Waals surface area contributed by atoms with Crippen molar-refractivity contribution in [3.63, 3.8) is 0 Å². The summed E-state index contributed by atoms with van der Waals surface area (Å²) in [7, 11) is 3.87. The quantitative estimate of drug-likeness (QED) is 0.685. The van der Waals surface area contributed by atoms with Crippen molar-refractivity contribution >= 4 is 11.9 Å². The van der Waals surface area contributed by atoms with E-state index < -0.39 is 17.6 Å². The number of carbonyl (C=O) groups is 2. The van der Waals surface area contributed by atoms with Gasteiger partial charge in [0.15, 0.2) is 0 Å². The van der Waals surface area contributed by atoms with Crippen molar-refractivity contribution in [1.29, 1.82) is 0 Å². The molecule has 0 amide bonds. The van der Waals surface area contributed by atoms with Crippen molar-refractivity contribution in [1.82, 2.24) is 9.55 Å². The van der Waals surface area contributed by atoms with Gasteiger partial charge in [-0.1, -0.05) is 0 Å². The summed E-state index contributed by atoms with van der Waals surface area (Å²) < 4.78 is 10.1. The molecule has 0 aliphatic rings. The molecule has 16 heavy (non-hydrogen) atoms. The van der Waals surface area contributed by atoms with Crippen LogP contribution in [0, 0.1) is 0 Å². The second-order valence-electron chi connectivity index (χ2n) is 3.06. The van der Waals surface area contributed by atoms with Crippen LogP contribution in [0.25, 0.3) is 0 Å². The second-order valence-corrected chi connectivity index (χ2v) is 3.06. The van der Waals surface area contributed by atoms with Crippen LogP contribution in [-0.4, -0.2) is 35.7 Å². The Morgan fingerprint density at radius 2 is 1.94 bits per heavy atom. The summed E-state index contributed by atoms with van der Waals surface area (Å²) in [6.07, 6.45) is -0.170. The van der Waals surface area contributed by atoms with Gasteiger partial charge >= 0.3 is 17.6 Å². The average Bonchev–Trinajstić information content (AvgIpc) is 2.56. The Balaban J connectivity index is 3.19. The molecule has 7 heteroatoms. The summed E-state index contributed by atoms with van der Waals surface area (Å²) in [5.74, 6) is -1.24. The van der Waals surface area contributed by atoms with E-state index in [2.05, 4.69) is 14.5 Å². The molecule has 0 saturated heterocycles. The first-order valence-electron chi connectivity index (χ1n) is 4.44. The highest BCUT2D eigenvalue weighted by molar-refractivity contribution is 5.89. The predicted octanol–water partition coefficient (Wildman–Crippen LogP) is -0.784. The molecule has 1 heterocycles. The summed E-state index contributed by atoms with van der Waals surface area (Å²) in [5, 5.41) is 0. The molecule has 0 aliphatic heterocycles. The summed E-state index contributed by atoms with van der Waals surface area (Å²) in [4.78, 5) is 36.0. The molecule has 0 unspecified atom stereocenters. The molecule has 0 spiro atoms. The van der Waals surface area contributed by atoms with Gasteiger partial charge in [-0.15, -0.1) is 0 Å². The third kappa shape index (κ3) is 2.13. The minimum Gasteiger partial charge on any atom is -0.469 e. The normalized spacial score (nSPS) is 9.94. The minimum atomic E-state index is -0.698. The fourth-order valence-electron chi connectivity index (χ4n) is 1.24. The Labute approximate surface area is 91.0 Å². The van der Waals surface area contributed by atoms with Crippen molar-refractivity contribution < 1.29 is 19.1 Å². The van der Waals surface area contributed by atoms with Gasteiger partial charge in [0.2, 0.25) is 0 Å².